The molecule has 0 spiro atoms. The molecule has 1 aromatic rings. The molecule has 0 aromatic carbocycles. The number of esters is 1. The number of rotatable bonds is 2. The molecule has 0 fully saturated rings. The summed E-state index contributed by atoms with van der Waals surface area (Å²) in [7, 11) is 0. The predicted octanol–water partition coefficient (Wildman–Crippen LogP) is 0.155. The molecular weight excluding hydrogens is 178 g/mol. The largest absolute Gasteiger partial charge is 0.619 e. The topological polar surface area (TPSA) is 53.2 Å². The van der Waals surface area contributed by atoms with Crippen LogP contribution in [0.15, 0.2) is 24.5 Å². The van der Waals surface area contributed by atoms with Crippen LogP contribution in [0.3, 0.4) is 0 Å². The molecule has 0 N–H and O–H groups in total. The highest BCUT2D eigenvalue weighted by Gasteiger charge is 2.01. The van der Waals surface area contributed by atoms with Gasteiger partial charge in [0.15, 0.2) is 12.4 Å². The lowest BCUT2D eigenvalue weighted by Crippen LogP contribution is -2.23. The van der Waals surface area contributed by atoms with Crippen LogP contribution >= 0.6 is 12.6 Å². The van der Waals surface area contributed by atoms with Gasteiger partial charge < -0.3 is 9.94 Å². The zero-order valence-corrected chi connectivity index (χ0v) is 7.03. The minimum absolute atomic E-state index is 0.0201. The molecule has 0 unspecified atom stereocenters. The molecule has 0 aliphatic carbocycles. The standard InChI is InChI=1S/C7H7NO3S/c9-7(5-12)11-6-1-3-8(10)4-2-6/h1-4,12H,5H2. The van der Waals surface area contributed by atoms with Crippen LogP contribution in [-0.2, 0) is 4.79 Å². The Morgan fingerprint density at radius 1 is 1.58 bits per heavy atom. The molecule has 1 heterocycles. The van der Waals surface area contributed by atoms with Crippen molar-refractivity contribution in [1.82, 2.24) is 0 Å². The summed E-state index contributed by atoms with van der Waals surface area (Å²) in [6.07, 6.45) is 2.50. The zero-order chi connectivity index (χ0) is 8.97. The molecular formula is C7H7NO3S. The van der Waals surface area contributed by atoms with E-state index >= 15 is 0 Å². The maximum Gasteiger partial charge on any atom is 0.321 e. The Morgan fingerprint density at radius 3 is 2.67 bits per heavy atom. The minimum atomic E-state index is -0.443. The second-order valence-corrected chi connectivity index (χ2v) is 2.34. The highest BCUT2D eigenvalue weighted by molar-refractivity contribution is 7.81. The van der Waals surface area contributed by atoms with Crippen LogP contribution in [0.1, 0.15) is 0 Å². The molecule has 64 valence electrons. The fourth-order valence-corrected chi connectivity index (χ4v) is 0.695. The lowest BCUT2D eigenvalue weighted by Gasteiger charge is -2.00. The summed E-state index contributed by atoms with van der Waals surface area (Å²) in [6, 6.07) is 2.82. The highest BCUT2D eigenvalue weighted by Crippen LogP contribution is 2.05. The monoisotopic (exact) mass is 185 g/mol. The van der Waals surface area contributed by atoms with E-state index in [1.165, 1.54) is 24.5 Å². The van der Waals surface area contributed by atoms with Gasteiger partial charge in [-0.25, -0.2) is 0 Å². The first-order valence-corrected chi connectivity index (χ1v) is 3.86. The Bertz CT molecular complexity index is 272. The van der Waals surface area contributed by atoms with Crippen LogP contribution in [0.2, 0.25) is 0 Å². The summed E-state index contributed by atoms with van der Waals surface area (Å²) < 4.78 is 5.36. The fourth-order valence-electron chi connectivity index (χ4n) is 0.631. The predicted molar refractivity (Wildman–Crippen MR) is 44.9 cm³/mol. The van der Waals surface area contributed by atoms with Gasteiger partial charge in [0.05, 0.1) is 5.75 Å². The zero-order valence-electron chi connectivity index (χ0n) is 6.14. The van der Waals surface area contributed by atoms with Gasteiger partial charge in [-0.05, 0) is 0 Å². The molecule has 1 aromatic heterocycles. The molecule has 4 nitrogen and oxygen atoms in total. The molecule has 5 heteroatoms. The molecule has 0 aliphatic heterocycles. The Balaban J connectivity index is 2.64. The van der Waals surface area contributed by atoms with Crippen molar-refractivity contribution in [2.24, 2.45) is 0 Å². The van der Waals surface area contributed by atoms with E-state index in [0.717, 1.165) is 0 Å². The summed E-state index contributed by atoms with van der Waals surface area (Å²) in [6.45, 7) is 0. The van der Waals surface area contributed by atoms with Gasteiger partial charge in [-0.3, -0.25) is 4.79 Å². The Kier molecular flexibility index (Phi) is 2.93. The van der Waals surface area contributed by atoms with Gasteiger partial charge in [-0.2, -0.15) is 17.4 Å². The normalized spacial score (nSPS) is 9.42. The SMILES string of the molecule is O=C(CS)Oc1cc[n+]([O-])cc1. The lowest BCUT2D eigenvalue weighted by atomic mass is 10.4. The third kappa shape index (κ3) is 2.43. The first-order chi connectivity index (χ1) is 5.72. The van der Waals surface area contributed by atoms with Crippen molar-refractivity contribution in [1.29, 1.82) is 0 Å². The number of aromatic nitrogens is 1. The van der Waals surface area contributed by atoms with E-state index in [1.807, 2.05) is 0 Å². The van der Waals surface area contributed by atoms with Crippen molar-refractivity contribution in [3.8, 4) is 5.75 Å². The van der Waals surface area contributed by atoms with E-state index < -0.39 is 5.97 Å². The average Bonchev–Trinajstić information content (AvgIpc) is 2.09. The number of hydrogen-bond acceptors (Lipinski definition) is 4. The van der Waals surface area contributed by atoms with E-state index in [-0.39, 0.29) is 5.75 Å². The summed E-state index contributed by atoms with van der Waals surface area (Å²) in [4.78, 5) is 10.7. The number of thiol groups is 1. The number of nitrogens with zero attached hydrogens (tertiary/aromatic N) is 1. The van der Waals surface area contributed by atoms with Crippen LogP contribution in [0.25, 0.3) is 0 Å². The molecule has 0 radical (unpaired) electrons. The summed E-state index contributed by atoms with van der Waals surface area (Å²) in [5.74, 6) is -0.0742. The van der Waals surface area contributed by atoms with E-state index in [0.29, 0.717) is 10.5 Å². The maximum atomic E-state index is 10.7. The van der Waals surface area contributed by atoms with Gasteiger partial charge in [0, 0.05) is 12.1 Å². The van der Waals surface area contributed by atoms with E-state index in [1.54, 1.807) is 0 Å². The van der Waals surface area contributed by atoms with Crippen molar-refractivity contribution in [2.45, 2.75) is 0 Å². The smallest absolute Gasteiger partial charge is 0.321 e. The van der Waals surface area contributed by atoms with Crippen LogP contribution in [-0.4, -0.2) is 11.7 Å². The number of ether oxygens (including phenoxy) is 1. The highest BCUT2D eigenvalue weighted by atomic mass is 32.1. The van der Waals surface area contributed by atoms with Crippen molar-refractivity contribution in [2.75, 3.05) is 5.75 Å². The first-order valence-electron chi connectivity index (χ1n) is 3.23. The molecule has 12 heavy (non-hydrogen) atoms. The van der Waals surface area contributed by atoms with Crippen molar-refractivity contribution >= 4 is 18.6 Å². The Labute approximate surface area is 74.8 Å². The average molecular weight is 185 g/mol. The van der Waals surface area contributed by atoms with E-state index in [9.17, 15) is 10.0 Å². The van der Waals surface area contributed by atoms with Crippen LogP contribution in [0, 0.1) is 5.21 Å². The molecule has 1 rings (SSSR count). The second kappa shape index (κ2) is 3.96. The molecule has 0 atom stereocenters. The van der Waals surface area contributed by atoms with Gasteiger partial charge in [-0.1, -0.05) is 0 Å². The van der Waals surface area contributed by atoms with Crippen molar-refractivity contribution < 1.29 is 14.3 Å². The first kappa shape index (κ1) is 8.86. The van der Waals surface area contributed by atoms with Crippen LogP contribution in [0.4, 0.5) is 0 Å². The lowest BCUT2D eigenvalue weighted by molar-refractivity contribution is -0.605. The Morgan fingerprint density at radius 2 is 2.17 bits per heavy atom. The van der Waals surface area contributed by atoms with Gasteiger partial charge in [0.1, 0.15) is 5.75 Å². The Hall–Kier alpha value is -1.23. The summed E-state index contributed by atoms with van der Waals surface area (Å²) in [5.41, 5.74) is 0. The van der Waals surface area contributed by atoms with Crippen LogP contribution in [0.5, 0.6) is 5.75 Å². The molecule has 0 amide bonds. The maximum absolute atomic E-state index is 10.7. The molecule has 0 aliphatic rings. The summed E-state index contributed by atoms with van der Waals surface area (Å²) >= 11 is 3.72. The number of hydrogen-bond donors (Lipinski definition) is 1. The minimum Gasteiger partial charge on any atom is -0.619 e. The molecule has 0 saturated carbocycles. The second-order valence-electron chi connectivity index (χ2n) is 2.03. The summed E-state index contributed by atoms with van der Waals surface area (Å²) in [5, 5.41) is 10.5. The molecule has 0 bridgehead atoms. The molecule has 0 saturated heterocycles. The number of pyridine rings is 1. The van der Waals surface area contributed by atoms with Gasteiger partial charge in [-0.15, -0.1) is 0 Å². The fraction of sp³-hybridized carbons (Fsp3) is 0.143. The third-order valence-corrected chi connectivity index (χ3v) is 1.39. The van der Waals surface area contributed by atoms with E-state index in [2.05, 4.69) is 12.6 Å². The van der Waals surface area contributed by atoms with Crippen LogP contribution < -0.4 is 9.47 Å². The van der Waals surface area contributed by atoms with Gasteiger partial charge >= 0.3 is 5.97 Å². The van der Waals surface area contributed by atoms with Crippen molar-refractivity contribution in [3.63, 3.8) is 0 Å². The number of carbonyl (C=O) groups is 1. The van der Waals surface area contributed by atoms with Crippen molar-refractivity contribution in [3.05, 3.63) is 29.7 Å². The quantitative estimate of drug-likeness (QED) is 0.309. The van der Waals surface area contributed by atoms with Gasteiger partial charge in [0.25, 0.3) is 0 Å². The third-order valence-electron chi connectivity index (χ3n) is 1.13. The number of carbonyl (C=O) groups excluding carboxylic acids is 1. The van der Waals surface area contributed by atoms with Gasteiger partial charge in [0.2, 0.25) is 0 Å². The van der Waals surface area contributed by atoms with E-state index in [4.69, 9.17) is 4.74 Å².